The lowest BCUT2D eigenvalue weighted by molar-refractivity contribution is 0.369. The van der Waals surface area contributed by atoms with Gasteiger partial charge in [-0.2, -0.15) is 16.9 Å². The van der Waals surface area contributed by atoms with Gasteiger partial charge in [0.1, 0.15) is 12.2 Å². The molecular formula is C13H24N4S. The maximum Gasteiger partial charge on any atom is 0.138 e. The number of hydrogen-bond acceptors (Lipinski definition) is 4. The van der Waals surface area contributed by atoms with Crippen LogP contribution in [0.15, 0.2) is 6.33 Å². The van der Waals surface area contributed by atoms with Gasteiger partial charge in [0.25, 0.3) is 0 Å². The van der Waals surface area contributed by atoms with Gasteiger partial charge in [-0.15, -0.1) is 0 Å². The molecule has 5 heteroatoms. The molecule has 1 aromatic heterocycles. The second-order valence-electron chi connectivity index (χ2n) is 4.88. The topological polar surface area (TPSA) is 42.7 Å². The van der Waals surface area contributed by atoms with Crippen molar-refractivity contribution in [3.8, 4) is 0 Å². The smallest absolute Gasteiger partial charge is 0.138 e. The van der Waals surface area contributed by atoms with Crippen LogP contribution in [0, 0.1) is 5.92 Å². The summed E-state index contributed by atoms with van der Waals surface area (Å²) < 4.78 is 2.02. The Morgan fingerprint density at radius 2 is 2.44 bits per heavy atom. The molecule has 2 rings (SSSR count). The molecule has 0 bridgehead atoms. The van der Waals surface area contributed by atoms with E-state index in [1.807, 2.05) is 4.68 Å². The van der Waals surface area contributed by atoms with Crippen molar-refractivity contribution in [2.75, 3.05) is 18.1 Å². The number of nitrogens with zero attached hydrogens (tertiary/aromatic N) is 3. The minimum atomic E-state index is 0.564. The molecule has 18 heavy (non-hydrogen) atoms. The highest BCUT2D eigenvalue weighted by molar-refractivity contribution is 7.99. The standard InChI is InChI=1S/C13H24N4S/c1-3-6-14-12(11-5-7-18-9-11)8-13-15-10-16-17(13)4-2/h10-12,14H,3-9H2,1-2H3. The number of aromatic nitrogens is 3. The van der Waals surface area contributed by atoms with Crippen molar-refractivity contribution in [2.24, 2.45) is 5.92 Å². The van der Waals surface area contributed by atoms with E-state index < -0.39 is 0 Å². The fraction of sp³-hybridized carbons (Fsp3) is 0.846. The highest BCUT2D eigenvalue weighted by atomic mass is 32.2. The molecule has 1 saturated heterocycles. The van der Waals surface area contributed by atoms with E-state index in [2.05, 4.69) is 41.0 Å². The van der Waals surface area contributed by atoms with Crippen molar-refractivity contribution in [1.29, 1.82) is 0 Å². The van der Waals surface area contributed by atoms with E-state index in [4.69, 9.17) is 0 Å². The Balaban J connectivity index is 1.99. The van der Waals surface area contributed by atoms with Gasteiger partial charge in [0.2, 0.25) is 0 Å². The van der Waals surface area contributed by atoms with Crippen molar-refractivity contribution in [1.82, 2.24) is 20.1 Å². The molecule has 2 unspecified atom stereocenters. The van der Waals surface area contributed by atoms with Crippen molar-refractivity contribution in [3.63, 3.8) is 0 Å². The molecule has 0 radical (unpaired) electrons. The summed E-state index contributed by atoms with van der Waals surface area (Å²) in [6, 6.07) is 0.564. The molecule has 2 atom stereocenters. The van der Waals surface area contributed by atoms with Gasteiger partial charge >= 0.3 is 0 Å². The normalized spacial score (nSPS) is 21.3. The third-order valence-electron chi connectivity index (χ3n) is 3.59. The summed E-state index contributed by atoms with van der Waals surface area (Å²) in [5.74, 6) is 4.53. The first-order valence-electron chi connectivity index (χ1n) is 7.03. The van der Waals surface area contributed by atoms with Gasteiger partial charge in [0, 0.05) is 19.0 Å². The highest BCUT2D eigenvalue weighted by Gasteiger charge is 2.26. The Morgan fingerprint density at radius 1 is 1.56 bits per heavy atom. The molecule has 1 N–H and O–H groups in total. The fourth-order valence-corrected chi connectivity index (χ4v) is 3.85. The maximum absolute atomic E-state index is 4.41. The molecule has 0 aromatic carbocycles. The summed E-state index contributed by atoms with van der Waals surface area (Å²) in [5, 5.41) is 7.97. The van der Waals surface area contributed by atoms with Crippen LogP contribution >= 0.6 is 11.8 Å². The second kappa shape index (κ2) is 7.14. The lowest BCUT2D eigenvalue weighted by Crippen LogP contribution is -2.39. The van der Waals surface area contributed by atoms with Crippen molar-refractivity contribution in [2.45, 2.75) is 45.7 Å². The molecule has 1 fully saturated rings. The van der Waals surface area contributed by atoms with Crippen LogP contribution in [0.2, 0.25) is 0 Å². The highest BCUT2D eigenvalue weighted by Crippen LogP contribution is 2.27. The first-order chi connectivity index (χ1) is 8.85. The quantitative estimate of drug-likeness (QED) is 0.821. The summed E-state index contributed by atoms with van der Waals surface area (Å²) in [6.45, 7) is 6.36. The van der Waals surface area contributed by atoms with E-state index in [9.17, 15) is 0 Å². The van der Waals surface area contributed by atoms with Gasteiger partial charge in [-0.25, -0.2) is 4.98 Å². The molecule has 2 heterocycles. The Kier molecular flexibility index (Phi) is 5.50. The monoisotopic (exact) mass is 268 g/mol. The number of aryl methyl sites for hydroxylation is 1. The fourth-order valence-electron chi connectivity index (χ4n) is 2.51. The largest absolute Gasteiger partial charge is 0.313 e. The first kappa shape index (κ1) is 13.9. The molecule has 4 nitrogen and oxygen atoms in total. The van der Waals surface area contributed by atoms with Crippen LogP contribution in [0.25, 0.3) is 0 Å². The Labute approximate surface area is 114 Å². The average molecular weight is 268 g/mol. The van der Waals surface area contributed by atoms with Gasteiger partial charge in [-0.1, -0.05) is 6.92 Å². The molecular weight excluding hydrogens is 244 g/mol. The van der Waals surface area contributed by atoms with Crippen LogP contribution in [0.3, 0.4) is 0 Å². The molecule has 0 spiro atoms. The zero-order valence-corrected chi connectivity index (χ0v) is 12.2. The number of rotatable bonds is 7. The first-order valence-corrected chi connectivity index (χ1v) is 8.18. The molecule has 1 aliphatic heterocycles. The summed E-state index contributed by atoms with van der Waals surface area (Å²) in [4.78, 5) is 4.41. The number of nitrogens with one attached hydrogen (secondary N) is 1. The van der Waals surface area contributed by atoms with E-state index in [0.29, 0.717) is 6.04 Å². The Hall–Kier alpha value is -0.550. The van der Waals surface area contributed by atoms with E-state index in [-0.39, 0.29) is 0 Å². The molecule has 102 valence electrons. The molecule has 0 amide bonds. The van der Waals surface area contributed by atoms with E-state index in [1.165, 1.54) is 24.3 Å². The SMILES string of the molecule is CCCNC(Cc1ncnn1CC)C1CCSC1. The van der Waals surface area contributed by atoms with E-state index in [1.54, 1.807) is 6.33 Å². The summed E-state index contributed by atoms with van der Waals surface area (Å²) in [5.41, 5.74) is 0. The zero-order valence-electron chi connectivity index (χ0n) is 11.4. The van der Waals surface area contributed by atoms with Gasteiger partial charge in [-0.05, 0) is 43.7 Å². The van der Waals surface area contributed by atoms with E-state index in [0.717, 1.165) is 31.3 Å². The van der Waals surface area contributed by atoms with Crippen LogP contribution < -0.4 is 5.32 Å². The van der Waals surface area contributed by atoms with Crippen LogP contribution in [0.4, 0.5) is 0 Å². The lowest BCUT2D eigenvalue weighted by Gasteiger charge is -2.24. The second-order valence-corrected chi connectivity index (χ2v) is 6.03. The predicted octanol–water partition coefficient (Wildman–Crippen LogP) is 1.96. The summed E-state index contributed by atoms with van der Waals surface area (Å²) in [6.07, 6.45) is 5.22. The van der Waals surface area contributed by atoms with Gasteiger partial charge in [-0.3, -0.25) is 4.68 Å². The summed E-state index contributed by atoms with van der Waals surface area (Å²) >= 11 is 2.08. The predicted molar refractivity (Wildman–Crippen MR) is 76.9 cm³/mol. The third kappa shape index (κ3) is 3.48. The molecule has 0 saturated carbocycles. The van der Waals surface area contributed by atoms with Crippen LogP contribution in [0.1, 0.15) is 32.5 Å². The summed E-state index contributed by atoms with van der Waals surface area (Å²) in [7, 11) is 0. The molecule has 1 aromatic rings. The van der Waals surface area contributed by atoms with Crippen LogP contribution in [0.5, 0.6) is 0 Å². The number of hydrogen-bond donors (Lipinski definition) is 1. The maximum atomic E-state index is 4.41. The lowest BCUT2D eigenvalue weighted by atomic mass is 9.96. The third-order valence-corrected chi connectivity index (χ3v) is 4.78. The Bertz CT molecular complexity index is 347. The minimum Gasteiger partial charge on any atom is -0.313 e. The zero-order chi connectivity index (χ0) is 12.8. The van der Waals surface area contributed by atoms with Gasteiger partial charge in [0.05, 0.1) is 0 Å². The average Bonchev–Trinajstić information content (AvgIpc) is 3.04. The minimum absolute atomic E-state index is 0.564. The molecule has 0 aliphatic carbocycles. The number of thioether (sulfide) groups is 1. The molecule has 1 aliphatic rings. The van der Waals surface area contributed by atoms with Crippen LogP contribution in [-0.2, 0) is 13.0 Å². The van der Waals surface area contributed by atoms with Crippen LogP contribution in [-0.4, -0.2) is 38.9 Å². The van der Waals surface area contributed by atoms with Crippen molar-refractivity contribution in [3.05, 3.63) is 12.2 Å². The Morgan fingerprint density at radius 3 is 3.11 bits per heavy atom. The van der Waals surface area contributed by atoms with Crippen molar-refractivity contribution >= 4 is 11.8 Å². The van der Waals surface area contributed by atoms with Crippen molar-refractivity contribution < 1.29 is 0 Å². The van der Waals surface area contributed by atoms with Gasteiger partial charge < -0.3 is 5.32 Å². The van der Waals surface area contributed by atoms with Gasteiger partial charge in [0.15, 0.2) is 0 Å². The van der Waals surface area contributed by atoms with E-state index >= 15 is 0 Å².